The number of carbonyl (C=O) groups is 1. The fourth-order valence-electron chi connectivity index (χ4n) is 2.40. The van der Waals surface area contributed by atoms with E-state index in [4.69, 9.17) is 37.4 Å². The highest BCUT2D eigenvalue weighted by molar-refractivity contribution is 7.98. The second kappa shape index (κ2) is 8.75. The predicted octanol–water partition coefficient (Wildman–Crippen LogP) is 4.89. The Bertz CT molecular complexity index is 816. The van der Waals surface area contributed by atoms with Crippen LogP contribution in [0.25, 0.3) is 0 Å². The minimum Gasteiger partial charge on any atom is -0.491 e. The van der Waals surface area contributed by atoms with Crippen LogP contribution in [0.5, 0.6) is 17.2 Å². The number of ether oxygens (including phenoxy) is 3. The largest absolute Gasteiger partial charge is 0.491 e. The summed E-state index contributed by atoms with van der Waals surface area (Å²) in [5.74, 6) is 1.61. The zero-order valence-corrected chi connectivity index (χ0v) is 16.3. The Hall–Kier alpha value is -1.76. The fourth-order valence-corrected chi connectivity index (χ4v) is 3.30. The number of nitrogens with one attached hydrogen (secondary N) is 1. The molecule has 8 heteroatoms. The third-order valence-corrected chi connectivity index (χ3v) is 5.22. The maximum Gasteiger partial charge on any atom is 0.227 e. The van der Waals surface area contributed by atoms with E-state index < -0.39 is 0 Å². The van der Waals surface area contributed by atoms with E-state index in [2.05, 4.69) is 5.32 Å². The van der Waals surface area contributed by atoms with Gasteiger partial charge in [-0.2, -0.15) is 0 Å². The Labute approximate surface area is 165 Å². The van der Waals surface area contributed by atoms with E-state index in [9.17, 15) is 4.79 Å². The average molecular weight is 414 g/mol. The first-order chi connectivity index (χ1) is 12.6. The van der Waals surface area contributed by atoms with Crippen LogP contribution in [0.3, 0.4) is 0 Å². The van der Waals surface area contributed by atoms with Crippen LogP contribution >= 0.6 is 35.0 Å². The molecule has 0 aromatic heterocycles. The zero-order chi connectivity index (χ0) is 18.5. The van der Waals surface area contributed by atoms with E-state index in [1.54, 1.807) is 24.3 Å². The van der Waals surface area contributed by atoms with Crippen molar-refractivity contribution in [3.05, 3.63) is 40.4 Å². The maximum absolute atomic E-state index is 12.3. The summed E-state index contributed by atoms with van der Waals surface area (Å²) in [5.41, 5.74) is 0.688. The van der Waals surface area contributed by atoms with Crippen molar-refractivity contribution in [1.82, 2.24) is 0 Å². The van der Waals surface area contributed by atoms with E-state index in [0.717, 1.165) is 4.90 Å². The quantitative estimate of drug-likeness (QED) is 0.682. The first-order valence-electron chi connectivity index (χ1n) is 7.93. The van der Waals surface area contributed by atoms with Crippen LogP contribution in [0.2, 0.25) is 10.0 Å². The topological polar surface area (TPSA) is 56.8 Å². The molecule has 2 aromatic rings. The van der Waals surface area contributed by atoms with Crippen LogP contribution in [0.4, 0.5) is 5.69 Å². The monoisotopic (exact) mass is 413 g/mol. The lowest BCUT2D eigenvalue weighted by atomic mass is 10.2. The van der Waals surface area contributed by atoms with Crippen molar-refractivity contribution in [1.29, 1.82) is 0 Å². The highest BCUT2D eigenvalue weighted by atomic mass is 35.5. The lowest BCUT2D eigenvalue weighted by molar-refractivity contribution is -0.116. The summed E-state index contributed by atoms with van der Waals surface area (Å²) < 4.78 is 16.7. The van der Waals surface area contributed by atoms with Crippen molar-refractivity contribution < 1.29 is 19.0 Å². The van der Waals surface area contributed by atoms with Gasteiger partial charge in [-0.3, -0.25) is 4.79 Å². The van der Waals surface area contributed by atoms with Crippen molar-refractivity contribution in [3.8, 4) is 17.2 Å². The molecule has 0 bridgehead atoms. The minimum absolute atomic E-state index is 0.171. The van der Waals surface area contributed by atoms with Crippen molar-refractivity contribution >= 4 is 46.6 Å². The third kappa shape index (κ3) is 4.50. The maximum atomic E-state index is 12.3. The van der Waals surface area contributed by atoms with Crippen LogP contribution in [-0.2, 0) is 4.79 Å². The Morgan fingerprint density at radius 1 is 1.23 bits per heavy atom. The summed E-state index contributed by atoms with van der Waals surface area (Å²) in [6, 6.07) is 8.78. The minimum atomic E-state index is -0.171. The number of rotatable bonds is 6. The van der Waals surface area contributed by atoms with Gasteiger partial charge in [-0.25, -0.2) is 0 Å². The normalized spacial score (nSPS) is 12.6. The Morgan fingerprint density at radius 2 is 1.96 bits per heavy atom. The van der Waals surface area contributed by atoms with Gasteiger partial charge in [0.15, 0.2) is 11.5 Å². The molecule has 0 unspecified atom stereocenters. The summed E-state index contributed by atoms with van der Waals surface area (Å²) in [6.07, 6.45) is 2.11. The van der Waals surface area contributed by atoms with Crippen LogP contribution < -0.4 is 19.5 Å². The number of hydrogen-bond acceptors (Lipinski definition) is 5. The first-order valence-corrected chi connectivity index (χ1v) is 9.91. The highest BCUT2D eigenvalue weighted by Gasteiger charge is 2.17. The summed E-state index contributed by atoms with van der Waals surface area (Å²) >= 11 is 13.5. The van der Waals surface area contributed by atoms with Crippen LogP contribution in [0, 0.1) is 0 Å². The smallest absolute Gasteiger partial charge is 0.227 e. The second-order valence-electron chi connectivity index (χ2n) is 5.39. The van der Waals surface area contributed by atoms with Crippen molar-refractivity contribution in [2.24, 2.45) is 0 Å². The van der Waals surface area contributed by atoms with Gasteiger partial charge >= 0.3 is 0 Å². The van der Waals surface area contributed by atoms with E-state index in [1.165, 1.54) is 11.8 Å². The SMILES string of the molecule is CSc1cc2c(cc1NC(=O)CCOc1cccc(Cl)c1Cl)OCCO2. The molecule has 1 amide bonds. The lowest BCUT2D eigenvalue weighted by Gasteiger charge is -2.21. The molecule has 138 valence electrons. The Balaban J connectivity index is 1.60. The van der Waals surface area contributed by atoms with Crippen molar-refractivity contribution in [3.63, 3.8) is 0 Å². The van der Waals surface area contributed by atoms with Gasteiger partial charge in [0.1, 0.15) is 24.0 Å². The number of thioether (sulfide) groups is 1. The molecule has 26 heavy (non-hydrogen) atoms. The number of hydrogen-bond donors (Lipinski definition) is 1. The molecule has 0 atom stereocenters. The summed E-state index contributed by atoms with van der Waals surface area (Å²) in [4.78, 5) is 13.2. The number of halogens is 2. The molecule has 0 saturated heterocycles. The molecular formula is C18H17Cl2NO4S. The number of amides is 1. The van der Waals surface area contributed by atoms with Crippen LogP contribution in [0.1, 0.15) is 6.42 Å². The summed E-state index contributed by atoms with van der Waals surface area (Å²) in [7, 11) is 0. The lowest BCUT2D eigenvalue weighted by Crippen LogP contribution is -2.18. The van der Waals surface area contributed by atoms with Crippen LogP contribution in [0.15, 0.2) is 35.2 Å². The van der Waals surface area contributed by atoms with Gasteiger partial charge in [0.25, 0.3) is 0 Å². The molecule has 5 nitrogen and oxygen atoms in total. The van der Waals surface area contributed by atoms with E-state index in [1.807, 2.05) is 12.3 Å². The number of fused-ring (bicyclic) bond motifs is 1. The molecule has 1 N–H and O–H groups in total. The number of carbonyl (C=O) groups excluding carboxylic acids is 1. The summed E-state index contributed by atoms with van der Waals surface area (Å²) in [5, 5.41) is 3.64. The third-order valence-electron chi connectivity index (χ3n) is 3.64. The Kier molecular flexibility index (Phi) is 6.40. The molecule has 0 radical (unpaired) electrons. The highest BCUT2D eigenvalue weighted by Crippen LogP contribution is 2.39. The Morgan fingerprint density at radius 3 is 2.69 bits per heavy atom. The van der Waals surface area contributed by atoms with Gasteiger partial charge in [0.05, 0.1) is 23.7 Å². The molecule has 1 aliphatic heterocycles. The standard InChI is InChI=1S/C18H17Cl2NO4S/c1-26-16-10-15-14(24-7-8-25-15)9-12(16)21-17(22)5-6-23-13-4-2-3-11(19)18(13)20/h2-4,9-10H,5-8H2,1H3,(H,21,22). The second-order valence-corrected chi connectivity index (χ2v) is 7.03. The van der Waals surface area contributed by atoms with E-state index in [0.29, 0.717) is 46.2 Å². The average Bonchev–Trinajstić information content (AvgIpc) is 2.64. The first kappa shape index (κ1) is 19.0. The molecule has 1 heterocycles. The van der Waals surface area contributed by atoms with E-state index >= 15 is 0 Å². The molecule has 0 spiro atoms. The molecule has 1 aliphatic rings. The van der Waals surface area contributed by atoms with Crippen molar-refractivity contribution in [2.45, 2.75) is 11.3 Å². The molecule has 0 fully saturated rings. The van der Waals surface area contributed by atoms with Gasteiger partial charge < -0.3 is 19.5 Å². The van der Waals surface area contributed by atoms with Gasteiger partial charge in [-0.05, 0) is 24.5 Å². The molecule has 0 aliphatic carbocycles. The predicted molar refractivity (Wildman–Crippen MR) is 104 cm³/mol. The van der Waals surface area contributed by atoms with E-state index in [-0.39, 0.29) is 18.9 Å². The fraction of sp³-hybridized carbons (Fsp3) is 0.278. The molecular weight excluding hydrogens is 397 g/mol. The van der Waals surface area contributed by atoms with Gasteiger partial charge in [0.2, 0.25) is 5.91 Å². The molecule has 0 saturated carbocycles. The molecule has 3 rings (SSSR count). The number of anilines is 1. The van der Waals surface area contributed by atoms with Crippen molar-refractivity contribution in [2.75, 3.05) is 31.4 Å². The van der Waals surface area contributed by atoms with Gasteiger partial charge in [-0.15, -0.1) is 11.8 Å². The summed E-state index contributed by atoms with van der Waals surface area (Å²) in [6.45, 7) is 1.20. The molecule has 2 aromatic carbocycles. The number of benzene rings is 2. The zero-order valence-electron chi connectivity index (χ0n) is 14.0. The van der Waals surface area contributed by atoms with Crippen LogP contribution in [-0.4, -0.2) is 32.0 Å². The van der Waals surface area contributed by atoms with Gasteiger partial charge in [-0.1, -0.05) is 29.3 Å². The van der Waals surface area contributed by atoms with Gasteiger partial charge in [0, 0.05) is 11.0 Å².